The lowest BCUT2D eigenvalue weighted by molar-refractivity contribution is -0.137. The van der Waals surface area contributed by atoms with E-state index in [2.05, 4.69) is 5.32 Å². The van der Waals surface area contributed by atoms with Crippen molar-refractivity contribution in [3.8, 4) is 0 Å². The topological polar surface area (TPSA) is 41.6 Å². The predicted octanol–water partition coefficient (Wildman–Crippen LogP) is 1.77. The predicted molar refractivity (Wildman–Crippen MR) is 71.0 cm³/mol. The van der Waals surface area contributed by atoms with Gasteiger partial charge < -0.3 is 15.0 Å². The van der Waals surface area contributed by atoms with Gasteiger partial charge in [-0.1, -0.05) is 6.07 Å². The van der Waals surface area contributed by atoms with E-state index >= 15 is 0 Å². The third-order valence-electron chi connectivity index (χ3n) is 3.27. The number of carbonyl (C=O) groups excluding carboxylic acids is 1. The van der Waals surface area contributed by atoms with Crippen LogP contribution in [0, 0.1) is 0 Å². The van der Waals surface area contributed by atoms with Crippen molar-refractivity contribution in [2.24, 2.45) is 0 Å². The molecule has 0 aliphatic carbocycles. The highest BCUT2D eigenvalue weighted by Gasteiger charge is 2.31. The van der Waals surface area contributed by atoms with Gasteiger partial charge in [-0.05, 0) is 18.2 Å². The van der Waals surface area contributed by atoms with Gasteiger partial charge in [0.25, 0.3) is 5.91 Å². The molecule has 0 radical (unpaired) electrons. The molecule has 1 unspecified atom stereocenters. The monoisotopic (exact) mass is 302 g/mol. The Morgan fingerprint density at radius 3 is 2.86 bits per heavy atom. The van der Waals surface area contributed by atoms with Gasteiger partial charge in [0.1, 0.15) is 0 Å². The highest BCUT2D eigenvalue weighted by Crippen LogP contribution is 2.29. The second-order valence-corrected chi connectivity index (χ2v) is 4.96. The lowest BCUT2D eigenvalue weighted by Crippen LogP contribution is -2.45. The summed E-state index contributed by atoms with van der Waals surface area (Å²) in [5, 5.41) is 3.14. The van der Waals surface area contributed by atoms with Crippen molar-refractivity contribution in [3.05, 3.63) is 35.4 Å². The van der Waals surface area contributed by atoms with Crippen molar-refractivity contribution in [3.63, 3.8) is 0 Å². The first-order valence-corrected chi connectivity index (χ1v) is 6.63. The first kappa shape index (κ1) is 15.8. The lowest BCUT2D eigenvalue weighted by Gasteiger charge is -2.28. The van der Waals surface area contributed by atoms with Crippen LogP contribution in [0.15, 0.2) is 24.3 Å². The number of nitrogens with one attached hydrogen (secondary N) is 1. The van der Waals surface area contributed by atoms with Gasteiger partial charge in [0.2, 0.25) is 0 Å². The summed E-state index contributed by atoms with van der Waals surface area (Å²) in [5.41, 5.74) is -0.798. The zero-order valence-corrected chi connectivity index (χ0v) is 11.6. The molecular formula is C14H17F3N2O2. The first-order chi connectivity index (χ1) is 9.88. The highest BCUT2D eigenvalue weighted by atomic mass is 19.4. The number of carbonyl (C=O) groups is 1. The van der Waals surface area contributed by atoms with E-state index < -0.39 is 17.6 Å². The molecule has 1 aliphatic rings. The molecule has 0 spiro atoms. The van der Waals surface area contributed by atoms with Crippen LogP contribution in [-0.4, -0.2) is 50.2 Å². The van der Waals surface area contributed by atoms with Gasteiger partial charge in [0, 0.05) is 32.2 Å². The molecule has 2 rings (SSSR count). The zero-order chi connectivity index (χ0) is 15.5. The number of halogens is 3. The van der Waals surface area contributed by atoms with Gasteiger partial charge in [-0.25, -0.2) is 0 Å². The number of hydrogen-bond acceptors (Lipinski definition) is 3. The Kier molecular flexibility index (Phi) is 4.84. The fourth-order valence-electron chi connectivity index (χ4n) is 2.17. The summed E-state index contributed by atoms with van der Waals surface area (Å²) in [5.74, 6) is -0.449. The van der Waals surface area contributed by atoms with Crippen LogP contribution in [0.5, 0.6) is 0 Å². The van der Waals surface area contributed by atoms with E-state index in [1.165, 1.54) is 17.0 Å². The lowest BCUT2D eigenvalue weighted by atomic mass is 10.1. The van der Waals surface area contributed by atoms with E-state index in [9.17, 15) is 18.0 Å². The third kappa shape index (κ3) is 4.18. The number of ether oxygens (including phenoxy) is 1. The van der Waals surface area contributed by atoms with Gasteiger partial charge in [0.05, 0.1) is 18.3 Å². The van der Waals surface area contributed by atoms with E-state index in [1.54, 1.807) is 7.05 Å². The second-order valence-electron chi connectivity index (χ2n) is 4.96. The molecule has 1 fully saturated rings. The molecule has 1 N–H and O–H groups in total. The second kappa shape index (κ2) is 6.44. The Bertz CT molecular complexity index is 499. The van der Waals surface area contributed by atoms with Crippen LogP contribution in [0.2, 0.25) is 0 Å². The summed E-state index contributed by atoms with van der Waals surface area (Å²) >= 11 is 0. The molecule has 1 saturated heterocycles. The van der Waals surface area contributed by atoms with E-state index in [-0.39, 0.29) is 11.7 Å². The molecule has 0 saturated carbocycles. The Morgan fingerprint density at radius 1 is 1.48 bits per heavy atom. The number of likely N-dealkylation sites (N-methyl/N-ethyl adjacent to an activating group) is 1. The Labute approximate surface area is 120 Å². The largest absolute Gasteiger partial charge is 0.416 e. The molecule has 0 bridgehead atoms. The van der Waals surface area contributed by atoms with Crippen molar-refractivity contribution >= 4 is 5.91 Å². The summed E-state index contributed by atoms with van der Waals surface area (Å²) in [7, 11) is 1.56. The van der Waals surface area contributed by atoms with Crippen molar-refractivity contribution in [1.82, 2.24) is 10.2 Å². The Morgan fingerprint density at radius 2 is 2.24 bits per heavy atom. The molecule has 1 heterocycles. The summed E-state index contributed by atoms with van der Waals surface area (Å²) in [4.78, 5) is 13.6. The van der Waals surface area contributed by atoms with Crippen LogP contribution < -0.4 is 5.32 Å². The smallest absolute Gasteiger partial charge is 0.374 e. The van der Waals surface area contributed by atoms with Crippen LogP contribution in [-0.2, 0) is 10.9 Å². The Balaban J connectivity index is 2.04. The molecule has 116 valence electrons. The minimum atomic E-state index is -4.45. The zero-order valence-electron chi connectivity index (χ0n) is 11.6. The highest BCUT2D eigenvalue weighted by molar-refractivity contribution is 5.94. The molecule has 21 heavy (non-hydrogen) atoms. The van der Waals surface area contributed by atoms with Crippen LogP contribution in [0.25, 0.3) is 0 Å². The van der Waals surface area contributed by atoms with Crippen LogP contribution in [0.4, 0.5) is 13.2 Å². The summed E-state index contributed by atoms with van der Waals surface area (Å²) in [6.07, 6.45) is -4.59. The number of hydrogen-bond donors (Lipinski definition) is 1. The fourth-order valence-corrected chi connectivity index (χ4v) is 2.17. The van der Waals surface area contributed by atoms with Crippen molar-refractivity contribution in [2.45, 2.75) is 12.3 Å². The van der Waals surface area contributed by atoms with E-state index in [1.807, 2.05) is 0 Å². The molecule has 4 nitrogen and oxygen atoms in total. The molecular weight excluding hydrogens is 285 g/mol. The Hall–Kier alpha value is -1.60. The van der Waals surface area contributed by atoms with Gasteiger partial charge in [-0.15, -0.1) is 0 Å². The number of amides is 1. The van der Waals surface area contributed by atoms with Gasteiger partial charge >= 0.3 is 6.18 Å². The number of alkyl halides is 3. The minimum Gasteiger partial charge on any atom is -0.374 e. The molecule has 1 aliphatic heterocycles. The maximum Gasteiger partial charge on any atom is 0.416 e. The van der Waals surface area contributed by atoms with Crippen molar-refractivity contribution in [1.29, 1.82) is 0 Å². The molecule has 1 amide bonds. The average Bonchev–Trinajstić information content (AvgIpc) is 2.46. The molecule has 0 aromatic heterocycles. The van der Waals surface area contributed by atoms with Crippen molar-refractivity contribution < 1.29 is 22.7 Å². The van der Waals surface area contributed by atoms with E-state index in [4.69, 9.17) is 4.74 Å². The summed E-state index contributed by atoms with van der Waals surface area (Å²) in [6, 6.07) is 4.44. The summed E-state index contributed by atoms with van der Waals surface area (Å²) in [6.45, 7) is 2.29. The number of morpholine rings is 1. The maximum atomic E-state index is 12.7. The number of benzene rings is 1. The minimum absolute atomic E-state index is 0.0242. The molecule has 1 aromatic rings. The van der Waals surface area contributed by atoms with Crippen molar-refractivity contribution in [2.75, 3.05) is 33.3 Å². The fraction of sp³-hybridized carbons (Fsp3) is 0.500. The average molecular weight is 302 g/mol. The molecule has 7 heteroatoms. The normalized spacial score (nSPS) is 19.3. The van der Waals surface area contributed by atoms with E-state index in [0.717, 1.165) is 18.7 Å². The molecule has 1 atom stereocenters. The van der Waals surface area contributed by atoms with Gasteiger partial charge in [-0.3, -0.25) is 4.79 Å². The van der Waals surface area contributed by atoms with E-state index in [0.29, 0.717) is 19.7 Å². The van der Waals surface area contributed by atoms with Gasteiger partial charge in [-0.2, -0.15) is 13.2 Å². The summed E-state index contributed by atoms with van der Waals surface area (Å²) < 4.78 is 43.4. The van der Waals surface area contributed by atoms with Crippen LogP contribution >= 0.6 is 0 Å². The van der Waals surface area contributed by atoms with Gasteiger partial charge in [0.15, 0.2) is 0 Å². The van der Waals surface area contributed by atoms with Crippen LogP contribution in [0.3, 0.4) is 0 Å². The maximum absolute atomic E-state index is 12.7. The van der Waals surface area contributed by atoms with Crippen LogP contribution in [0.1, 0.15) is 15.9 Å². The molecule has 1 aromatic carbocycles. The number of rotatable bonds is 3. The standard InChI is InChI=1S/C14H17F3N2O2/c1-19(9-12-8-18-5-6-21-12)13(20)10-3-2-4-11(7-10)14(15,16)17/h2-4,7,12,18H,5-6,8-9H2,1H3. The third-order valence-corrected chi connectivity index (χ3v) is 3.27. The SMILES string of the molecule is CN(CC1CNCCO1)C(=O)c1cccc(C(F)(F)F)c1. The quantitative estimate of drug-likeness (QED) is 0.925. The first-order valence-electron chi connectivity index (χ1n) is 6.63. The number of nitrogens with zero attached hydrogens (tertiary/aromatic N) is 1.